The fourth-order valence-electron chi connectivity index (χ4n) is 3.56. The van der Waals surface area contributed by atoms with Gasteiger partial charge in [0.2, 0.25) is 0 Å². The average molecular weight is 324 g/mol. The summed E-state index contributed by atoms with van der Waals surface area (Å²) in [6, 6.07) is 8.60. The molecular weight excluding hydrogens is 298 g/mol. The van der Waals surface area contributed by atoms with Crippen LogP contribution in [0.25, 0.3) is 0 Å². The number of benzene rings is 1. The van der Waals surface area contributed by atoms with Crippen molar-refractivity contribution in [2.75, 3.05) is 6.54 Å². The molecule has 2 rings (SSSR count). The smallest absolute Gasteiger partial charge is 0.0206 e. The highest BCUT2D eigenvalue weighted by molar-refractivity contribution is 9.10. The fourth-order valence-corrected chi connectivity index (χ4v) is 4.01. The first kappa shape index (κ1) is 15.1. The predicted molar refractivity (Wildman–Crippen MR) is 86.2 cm³/mol. The zero-order valence-electron chi connectivity index (χ0n) is 12.2. The van der Waals surface area contributed by atoms with E-state index in [1.165, 1.54) is 48.7 Å². The first-order valence-electron chi connectivity index (χ1n) is 7.55. The van der Waals surface area contributed by atoms with Gasteiger partial charge in [-0.1, -0.05) is 54.8 Å². The normalized spacial score (nSPS) is 18.1. The highest BCUT2D eigenvalue weighted by Gasteiger charge is 2.33. The molecule has 0 heterocycles. The molecular formula is C17H26BrN. The lowest BCUT2D eigenvalue weighted by molar-refractivity contribution is 0.223. The molecule has 0 aliphatic heterocycles. The third-order valence-electron chi connectivity index (χ3n) is 4.22. The van der Waals surface area contributed by atoms with Crippen LogP contribution in [0.3, 0.4) is 0 Å². The molecule has 2 heteroatoms. The second kappa shape index (κ2) is 6.90. The van der Waals surface area contributed by atoms with E-state index in [1.807, 2.05) is 0 Å². The van der Waals surface area contributed by atoms with Crippen molar-refractivity contribution in [2.24, 2.45) is 11.3 Å². The Hall–Kier alpha value is -0.340. The van der Waals surface area contributed by atoms with Crippen molar-refractivity contribution in [2.45, 2.75) is 52.5 Å². The molecule has 0 radical (unpaired) electrons. The summed E-state index contributed by atoms with van der Waals surface area (Å²) in [5, 5.41) is 3.70. The molecule has 19 heavy (non-hydrogen) atoms. The van der Waals surface area contributed by atoms with Gasteiger partial charge in [0.25, 0.3) is 0 Å². The Morgan fingerprint density at radius 2 is 2.00 bits per heavy atom. The molecule has 0 amide bonds. The van der Waals surface area contributed by atoms with Gasteiger partial charge in [0.05, 0.1) is 0 Å². The highest BCUT2D eigenvalue weighted by Crippen LogP contribution is 2.42. The molecule has 1 aliphatic rings. The Labute approximate surface area is 126 Å². The standard InChI is InChI=1S/C17H26BrN/c1-14(2)11-17(8-3-4-9-17)13-19-12-15-6-5-7-16(18)10-15/h5-7,10,14,19H,3-4,8-9,11-13H2,1-2H3. The second-order valence-electron chi connectivity index (χ2n) is 6.54. The molecule has 1 aromatic carbocycles. The Kier molecular flexibility index (Phi) is 5.47. The molecule has 0 aromatic heterocycles. The number of nitrogens with one attached hydrogen (secondary N) is 1. The second-order valence-corrected chi connectivity index (χ2v) is 7.45. The first-order chi connectivity index (χ1) is 9.10. The van der Waals surface area contributed by atoms with Crippen LogP contribution in [-0.2, 0) is 6.54 Å². The zero-order chi connectivity index (χ0) is 13.7. The Morgan fingerprint density at radius 1 is 1.26 bits per heavy atom. The number of halogens is 1. The summed E-state index contributed by atoms with van der Waals surface area (Å²) in [5.74, 6) is 0.811. The van der Waals surface area contributed by atoms with Crippen molar-refractivity contribution in [3.05, 3.63) is 34.3 Å². The van der Waals surface area contributed by atoms with Crippen LogP contribution in [0, 0.1) is 11.3 Å². The largest absolute Gasteiger partial charge is 0.312 e. The number of hydrogen-bond donors (Lipinski definition) is 1. The minimum absolute atomic E-state index is 0.570. The van der Waals surface area contributed by atoms with Gasteiger partial charge in [0.15, 0.2) is 0 Å². The van der Waals surface area contributed by atoms with Gasteiger partial charge >= 0.3 is 0 Å². The van der Waals surface area contributed by atoms with Crippen LogP contribution in [0.5, 0.6) is 0 Å². The maximum Gasteiger partial charge on any atom is 0.0206 e. The van der Waals surface area contributed by atoms with Crippen LogP contribution in [0.2, 0.25) is 0 Å². The van der Waals surface area contributed by atoms with Crippen molar-refractivity contribution in [1.29, 1.82) is 0 Å². The van der Waals surface area contributed by atoms with Gasteiger partial charge in [0, 0.05) is 17.6 Å². The molecule has 1 aliphatic carbocycles. The summed E-state index contributed by atoms with van der Waals surface area (Å²) < 4.78 is 1.17. The van der Waals surface area contributed by atoms with Crippen molar-refractivity contribution >= 4 is 15.9 Å². The molecule has 0 spiro atoms. The van der Waals surface area contributed by atoms with E-state index in [-0.39, 0.29) is 0 Å². The van der Waals surface area contributed by atoms with Gasteiger partial charge in [-0.25, -0.2) is 0 Å². The van der Waals surface area contributed by atoms with Crippen LogP contribution < -0.4 is 5.32 Å². The van der Waals surface area contributed by atoms with Crippen molar-refractivity contribution in [3.8, 4) is 0 Å². The topological polar surface area (TPSA) is 12.0 Å². The summed E-state index contributed by atoms with van der Waals surface area (Å²) in [7, 11) is 0. The summed E-state index contributed by atoms with van der Waals surface area (Å²) in [4.78, 5) is 0. The van der Waals surface area contributed by atoms with Crippen molar-refractivity contribution in [3.63, 3.8) is 0 Å². The SMILES string of the molecule is CC(C)CC1(CNCc2cccc(Br)c2)CCCC1. The van der Waals surface area contributed by atoms with Gasteiger partial charge in [-0.05, 0) is 48.3 Å². The van der Waals surface area contributed by atoms with Crippen LogP contribution >= 0.6 is 15.9 Å². The van der Waals surface area contributed by atoms with E-state index in [2.05, 4.69) is 59.4 Å². The fraction of sp³-hybridized carbons (Fsp3) is 0.647. The number of rotatable bonds is 6. The van der Waals surface area contributed by atoms with Crippen LogP contribution in [0.15, 0.2) is 28.7 Å². The molecule has 1 N–H and O–H groups in total. The minimum Gasteiger partial charge on any atom is -0.312 e. The maximum absolute atomic E-state index is 3.70. The average Bonchev–Trinajstić information content (AvgIpc) is 2.77. The molecule has 0 atom stereocenters. The van der Waals surface area contributed by atoms with Crippen LogP contribution in [0.1, 0.15) is 51.5 Å². The van der Waals surface area contributed by atoms with Gasteiger partial charge in [0.1, 0.15) is 0 Å². The summed E-state index contributed by atoms with van der Waals surface area (Å²) in [6.07, 6.45) is 7.04. The third-order valence-corrected chi connectivity index (χ3v) is 4.72. The number of hydrogen-bond acceptors (Lipinski definition) is 1. The monoisotopic (exact) mass is 323 g/mol. The van der Waals surface area contributed by atoms with E-state index < -0.39 is 0 Å². The predicted octanol–water partition coefficient (Wildman–Crippen LogP) is 5.15. The van der Waals surface area contributed by atoms with Gasteiger partial charge in [-0.15, -0.1) is 0 Å². The summed E-state index contributed by atoms with van der Waals surface area (Å²) >= 11 is 3.54. The van der Waals surface area contributed by atoms with E-state index in [9.17, 15) is 0 Å². The molecule has 0 saturated heterocycles. The maximum atomic E-state index is 3.70. The Bertz CT molecular complexity index is 394. The highest BCUT2D eigenvalue weighted by atomic mass is 79.9. The van der Waals surface area contributed by atoms with Crippen LogP contribution in [0.4, 0.5) is 0 Å². The lowest BCUT2D eigenvalue weighted by Crippen LogP contribution is -2.33. The summed E-state index contributed by atoms with van der Waals surface area (Å²) in [5.41, 5.74) is 1.94. The van der Waals surface area contributed by atoms with Gasteiger partial charge in [-0.2, -0.15) is 0 Å². The summed E-state index contributed by atoms with van der Waals surface area (Å²) in [6.45, 7) is 6.87. The zero-order valence-corrected chi connectivity index (χ0v) is 13.8. The lowest BCUT2D eigenvalue weighted by atomic mass is 9.78. The van der Waals surface area contributed by atoms with E-state index in [0.717, 1.165) is 12.5 Å². The van der Waals surface area contributed by atoms with Crippen molar-refractivity contribution in [1.82, 2.24) is 5.32 Å². The quantitative estimate of drug-likeness (QED) is 0.763. The first-order valence-corrected chi connectivity index (χ1v) is 8.34. The molecule has 0 bridgehead atoms. The molecule has 1 saturated carbocycles. The third kappa shape index (κ3) is 4.61. The van der Waals surface area contributed by atoms with Gasteiger partial charge < -0.3 is 5.32 Å². The molecule has 1 aromatic rings. The molecule has 1 nitrogen and oxygen atoms in total. The van der Waals surface area contributed by atoms with E-state index in [1.54, 1.807) is 0 Å². The van der Waals surface area contributed by atoms with Crippen LogP contribution in [-0.4, -0.2) is 6.54 Å². The Balaban J connectivity index is 1.86. The Morgan fingerprint density at radius 3 is 2.63 bits per heavy atom. The molecule has 1 fully saturated rings. The van der Waals surface area contributed by atoms with E-state index in [0.29, 0.717) is 5.41 Å². The van der Waals surface area contributed by atoms with Gasteiger partial charge in [-0.3, -0.25) is 0 Å². The minimum atomic E-state index is 0.570. The van der Waals surface area contributed by atoms with Crippen molar-refractivity contribution < 1.29 is 0 Å². The molecule has 106 valence electrons. The van der Waals surface area contributed by atoms with E-state index >= 15 is 0 Å². The molecule has 0 unspecified atom stereocenters. The van der Waals surface area contributed by atoms with E-state index in [4.69, 9.17) is 0 Å². The lowest BCUT2D eigenvalue weighted by Gasteiger charge is -2.31.